The average Bonchev–Trinajstić information content (AvgIpc) is 2.46. The van der Waals surface area contributed by atoms with Crippen LogP contribution >= 0.6 is 11.8 Å². The van der Waals surface area contributed by atoms with Gasteiger partial charge in [0.15, 0.2) is 6.10 Å². The molecule has 1 heterocycles. The molecule has 0 bridgehead atoms. The second-order valence-electron chi connectivity index (χ2n) is 5.16. The van der Waals surface area contributed by atoms with Crippen LogP contribution < -0.4 is 5.32 Å². The number of carbonyl (C=O) groups excluding carboxylic acids is 3. The van der Waals surface area contributed by atoms with Crippen LogP contribution in [0.2, 0.25) is 0 Å². The van der Waals surface area contributed by atoms with Gasteiger partial charge in [-0.1, -0.05) is 12.1 Å². The molecule has 0 fully saturated rings. The number of para-hydroxylation sites is 1. The number of nitrogens with one attached hydrogen (secondary N) is 1. The molecular formula is C15H18N2O4S. The number of hydrogen-bond acceptors (Lipinski definition) is 5. The van der Waals surface area contributed by atoms with Crippen LogP contribution in [0.25, 0.3) is 0 Å². The summed E-state index contributed by atoms with van der Waals surface area (Å²) in [6.45, 7) is 1.52. The highest BCUT2D eigenvalue weighted by molar-refractivity contribution is 8.01. The van der Waals surface area contributed by atoms with Gasteiger partial charge in [-0.05, 0) is 19.1 Å². The third-order valence-corrected chi connectivity index (χ3v) is 4.43. The molecule has 2 atom stereocenters. The first-order valence-corrected chi connectivity index (χ1v) is 7.73. The molecule has 0 saturated carbocycles. The lowest BCUT2D eigenvalue weighted by Gasteiger charge is -2.24. The van der Waals surface area contributed by atoms with Crippen LogP contribution in [0.5, 0.6) is 0 Å². The van der Waals surface area contributed by atoms with Crippen molar-refractivity contribution in [2.24, 2.45) is 0 Å². The van der Waals surface area contributed by atoms with Gasteiger partial charge in [-0.15, -0.1) is 11.8 Å². The van der Waals surface area contributed by atoms with Gasteiger partial charge in [0.25, 0.3) is 5.91 Å². The molecule has 0 unspecified atom stereocenters. The minimum absolute atomic E-state index is 0.0735. The van der Waals surface area contributed by atoms with E-state index in [1.165, 1.54) is 23.6 Å². The molecule has 22 heavy (non-hydrogen) atoms. The largest absolute Gasteiger partial charge is 0.452 e. The van der Waals surface area contributed by atoms with Gasteiger partial charge in [0, 0.05) is 19.0 Å². The van der Waals surface area contributed by atoms with E-state index in [4.69, 9.17) is 4.74 Å². The highest BCUT2D eigenvalue weighted by atomic mass is 32.2. The maximum absolute atomic E-state index is 12.0. The number of carbonyl (C=O) groups is 3. The van der Waals surface area contributed by atoms with Crippen molar-refractivity contribution < 1.29 is 19.1 Å². The highest BCUT2D eigenvalue weighted by Crippen LogP contribution is 2.36. The summed E-state index contributed by atoms with van der Waals surface area (Å²) >= 11 is 1.33. The molecule has 0 aromatic heterocycles. The van der Waals surface area contributed by atoms with E-state index in [2.05, 4.69) is 5.32 Å². The number of anilines is 1. The minimum atomic E-state index is -0.855. The molecule has 0 spiro atoms. The first-order chi connectivity index (χ1) is 10.4. The lowest BCUT2D eigenvalue weighted by atomic mass is 10.2. The van der Waals surface area contributed by atoms with Crippen molar-refractivity contribution in [3.8, 4) is 0 Å². The van der Waals surface area contributed by atoms with Crippen molar-refractivity contribution in [2.45, 2.75) is 29.6 Å². The van der Waals surface area contributed by atoms with Crippen LogP contribution in [0.1, 0.15) is 13.3 Å². The Morgan fingerprint density at radius 3 is 2.73 bits per heavy atom. The number of hydrogen-bond donors (Lipinski definition) is 1. The van der Waals surface area contributed by atoms with Crippen LogP contribution in [0.15, 0.2) is 29.2 Å². The molecule has 0 aliphatic carbocycles. The highest BCUT2D eigenvalue weighted by Gasteiger charge is 2.30. The van der Waals surface area contributed by atoms with Gasteiger partial charge in [0.1, 0.15) is 0 Å². The first kappa shape index (κ1) is 16.4. The summed E-state index contributed by atoms with van der Waals surface area (Å²) in [4.78, 5) is 37.9. The Kier molecular flexibility index (Phi) is 5.07. The zero-order valence-corrected chi connectivity index (χ0v) is 13.5. The molecule has 6 nitrogen and oxygen atoms in total. The summed E-state index contributed by atoms with van der Waals surface area (Å²) < 4.78 is 5.09. The van der Waals surface area contributed by atoms with E-state index in [1.54, 1.807) is 14.1 Å². The maximum Gasteiger partial charge on any atom is 0.308 e. The number of benzene rings is 1. The zero-order valence-electron chi connectivity index (χ0n) is 12.7. The van der Waals surface area contributed by atoms with Gasteiger partial charge in [0.05, 0.1) is 17.4 Å². The molecule has 1 N–H and O–H groups in total. The van der Waals surface area contributed by atoms with Crippen molar-refractivity contribution in [1.82, 2.24) is 4.90 Å². The quantitative estimate of drug-likeness (QED) is 0.851. The summed E-state index contributed by atoms with van der Waals surface area (Å²) in [5.41, 5.74) is 0.748. The van der Waals surface area contributed by atoms with Crippen LogP contribution in [0.3, 0.4) is 0 Å². The minimum Gasteiger partial charge on any atom is -0.452 e. The number of esters is 1. The van der Waals surface area contributed by atoms with Crippen molar-refractivity contribution in [3.63, 3.8) is 0 Å². The van der Waals surface area contributed by atoms with Crippen LogP contribution in [-0.2, 0) is 19.1 Å². The normalized spacial score (nSPS) is 18.0. The summed E-state index contributed by atoms with van der Waals surface area (Å²) in [6.07, 6.45) is -0.929. The van der Waals surface area contributed by atoms with E-state index in [1.807, 2.05) is 24.3 Å². The van der Waals surface area contributed by atoms with Crippen LogP contribution in [0.4, 0.5) is 5.69 Å². The number of ether oxygens (including phenoxy) is 1. The SMILES string of the molecule is C[C@@H](OC(=O)C[C@H]1Sc2ccccc2NC1=O)C(=O)N(C)C. The Morgan fingerprint density at radius 1 is 1.36 bits per heavy atom. The summed E-state index contributed by atoms with van der Waals surface area (Å²) in [5.74, 6) is -1.08. The van der Waals surface area contributed by atoms with Gasteiger partial charge in [0.2, 0.25) is 5.91 Å². The Balaban J connectivity index is 1.95. The number of nitrogens with zero attached hydrogens (tertiary/aromatic N) is 1. The Hall–Kier alpha value is -2.02. The predicted molar refractivity (Wildman–Crippen MR) is 83.6 cm³/mol. The molecule has 1 aliphatic rings. The maximum atomic E-state index is 12.0. The molecule has 1 aromatic carbocycles. The number of amides is 2. The Morgan fingerprint density at radius 2 is 2.05 bits per heavy atom. The van der Waals surface area contributed by atoms with Crippen LogP contribution in [0, 0.1) is 0 Å². The fourth-order valence-electron chi connectivity index (χ4n) is 2.04. The third kappa shape index (κ3) is 3.79. The first-order valence-electron chi connectivity index (χ1n) is 6.85. The lowest BCUT2D eigenvalue weighted by molar-refractivity contribution is -0.158. The van der Waals surface area contributed by atoms with Crippen molar-refractivity contribution in [1.29, 1.82) is 0 Å². The summed E-state index contributed by atoms with van der Waals surface area (Å²) in [7, 11) is 3.18. The molecule has 1 aromatic rings. The van der Waals surface area contributed by atoms with Crippen molar-refractivity contribution in [3.05, 3.63) is 24.3 Å². The number of thioether (sulfide) groups is 1. The Labute approximate surface area is 133 Å². The van der Waals surface area contributed by atoms with E-state index >= 15 is 0 Å². The standard InChI is InChI=1S/C15H18N2O4S/c1-9(15(20)17(2)3)21-13(18)8-12-14(19)16-10-6-4-5-7-11(10)22-12/h4-7,9,12H,8H2,1-3H3,(H,16,19)/t9-,12-/m1/s1. The van der Waals surface area contributed by atoms with E-state index in [-0.39, 0.29) is 18.2 Å². The van der Waals surface area contributed by atoms with Gasteiger partial charge in [-0.25, -0.2) is 0 Å². The van der Waals surface area contributed by atoms with E-state index in [0.717, 1.165) is 10.6 Å². The van der Waals surface area contributed by atoms with E-state index in [0.29, 0.717) is 0 Å². The van der Waals surface area contributed by atoms with Crippen molar-refractivity contribution >= 4 is 35.2 Å². The fraction of sp³-hybridized carbons (Fsp3) is 0.400. The lowest BCUT2D eigenvalue weighted by Crippen LogP contribution is -2.37. The second-order valence-corrected chi connectivity index (χ2v) is 6.41. The number of rotatable bonds is 4. The Bertz CT molecular complexity index is 603. The zero-order chi connectivity index (χ0) is 16.3. The number of fused-ring (bicyclic) bond motifs is 1. The second kappa shape index (κ2) is 6.83. The average molecular weight is 322 g/mol. The summed E-state index contributed by atoms with van der Waals surface area (Å²) in [6, 6.07) is 7.40. The molecule has 0 radical (unpaired) electrons. The van der Waals surface area contributed by atoms with Gasteiger partial charge in [-0.2, -0.15) is 0 Å². The van der Waals surface area contributed by atoms with Gasteiger partial charge >= 0.3 is 5.97 Å². The fourth-order valence-corrected chi connectivity index (χ4v) is 3.13. The van der Waals surface area contributed by atoms with Crippen LogP contribution in [-0.4, -0.2) is 48.1 Å². The number of likely N-dealkylation sites (N-methyl/N-ethyl adjacent to an activating group) is 1. The van der Waals surface area contributed by atoms with Gasteiger partial charge < -0.3 is 15.0 Å². The topological polar surface area (TPSA) is 75.7 Å². The van der Waals surface area contributed by atoms with Gasteiger partial charge in [-0.3, -0.25) is 14.4 Å². The van der Waals surface area contributed by atoms with E-state index in [9.17, 15) is 14.4 Å². The summed E-state index contributed by atoms with van der Waals surface area (Å²) in [5, 5.41) is 2.22. The van der Waals surface area contributed by atoms with Crippen molar-refractivity contribution in [2.75, 3.05) is 19.4 Å². The predicted octanol–water partition coefficient (Wildman–Crippen LogP) is 1.51. The molecule has 7 heteroatoms. The smallest absolute Gasteiger partial charge is 0.308 e. The molecule has 1 aliphatic heterocycles. The third-order valence-electron chi connectivity index (χ3n) is 3.16. The monoisotopic (exact) mass is 322 g/mol. The molecule has 0 saturated heterocycles. The van der Waals surface area contributed by atoms with E-state index < -0.39 is 17.3 Å². The molecule has 2 amide bonds. The molecular weight excluding hydrogens is 304 g/mol. The molecule has 2 rings (SSSR count). The molecule has 118 valence electrons.